The number of carbonyl (C=O) groups excluding carboxylic acids is 2. The molecule has 0 aliphatic heterocycles. The molecule has 5 nitrogen and oxygen atoms in total. The van der Waals surface area contributed by atoms with Gasteiger partial charge >= 0.3 is 0 Å². The largest absolute Gasteiger partial charge is 0.396 e. The lowest BCUT2D eigenvalue weighted by Gasteiger charge is -2.31. The fourth-order valence-corrected chi connectivity index (χ4v) is 2.81. The molecule has 2 aromatic carbocycles. The molecule has 0 saturated heterocycles. The number of aliphatic hydroxyl groups is 1. The van der Waals surface area contributed by atoms with Gasteiger partial charge in [0.1, 0.15) is 11.9 Å². The zero-order valence-corrected chi connectivity index (χ0v) is 15.4. The number of rotatable bonds is 9. The van der Waals surface area contributed by atoms with E-state index < -0.39 is 6.04 Å². The Morgan fingerprint density at radius 2 is 1.78 bits per heavy atom. The standard InChI is InChI=1S/C21H25FN2O3/c1-2-19(26)24(15-16-9-11-18(22)12-10-16)20(17-7-4-3-5-8-17)21(27)23-13-6-14-25/h3-5,7-12,20,25H,2,6,13-15H2,1H3,(H,23,27)/t20-/m1/s1. The number of hydrogen-bond acceptors (Lipinski definition) is 3. The van der Waals surface area contributed by atoms with E-state index in [1.54, 1.807) is 31.2 Å². The molecule has 0 fully saturated rings. The predicted molar refractivity (Wildman–Crippen MR) is 101 cm³/mol. The van der Waals surface area contributed by atoms with E-state index >= 15 is 0 Å². The summed E-state index contributed by atoms with van der Waals surface area (Å²) in [6.45, 7) is 2.23. The Kier molecular flexibility index (Phi) is 7.95. The zero-order chi connectivity index (χ0) is 19.6. The van der Waals surface area contributed by atoms with Crippen molar-refractivity contribution in [3.05, 3.63) is 71.5 Å². The second kappa shape index (κ2) is 10.4. The van der Waals surface area contributed by atoms with Crippen LogP contribution in [0.3, 0.4) is 0 Å². The maximum atomic E-state index is 13.2. The summed E-state index contributed by atoms with van der Waals surface area (Å²) in [5.41, 5.74) is 1.44. The van der Waals surface area contributed by atoms with E-state index in [1.165, 1.54) is 17.0 Å². The molecule has 0 aliphatic rings. The zero-order valence-electron chi connectivity index (χ0n) is 15.4. The highest BCUT2D eigenvalue weighted by atomic mass is 19.1. The molecule has 2 amide bonds. The van der Waals surface area contributed by atoms with Crippen molar-refractivity contribution in [1.82, 2.24) is 10.2 Å². The maximum Gasteiger partial charge on any atom is 0.247 e. The van der Waals surface area contributed by atoms with Gasteiger partial charge in [-0.2, -0.15) is 0 Å². The monoisotopic (exact) mass is 372 g/mol. The van der Waals surface area contributed by atoms with Gasteiger partial charge in [-0.1, -0.05) is 49.4 Å². The molecule has 0 unspecified atom stereocenters. The summed E-state index contributed by atoms with van der Waals surface area (Å²) in [5, 5.41) is 11.7. The molecule has 2 rings (SSSR count). The molecule has 2 aromatic rings. The first-order chi connectivity index (χ1) is 13.1. The third-order valence-corrected chi connectivity index (χ3v) is 4.20. The highest BCUT2D eigenvalue weighted by Gasteiger charge is 2.30. The van der Waals surface area contributed by atoms with E-state index in [0.29, 0.717) is 18.5 Å². The number of hydrogen-bond donors (Lipinski definition) is 2. The van der Waals surface area contributed by atoms with Gasteiger partial charge in [0.15, 0.2) is 0 Å². The van der Waals surface area contributed by atoms with E-state index in [9.17, 15) is 14.0 Å². The van der Waals surface area contributed by atoms with Crippen LogP contribution in [0.5, 0.6) is 0 Å². The second-order valence-electron chi connectivity index (χ2n) is 6.18. The van der Waals surface area contributed by atoms with Gasteiger partial charge in [0.05, 0.1) is 0 Å². The molecular formula is C21H25FN2O3. The third-order valence-electron chi connectivity index (χ3n) is 4.20. The average Bonchev–Trinajstić information content (AvgIpc) is 2.69. The minimum atomic E-state index is -0.803. The summed E-state index contributed by atoms with van der Waals surface area (Å²) in [7, 11) is 0. The number of aliphatic hydroxyl groups excluding tert-OH is 1. The van der Waals surface area contributed by atoms with Gasteiger partial charge in [-0.25, -0.2) is 4.39 Å². The maximum absolute atomic E-state index is 13.2. The van der Waals surface area contributed by atoms with Crippen LogP contribution in [0.25, 0.3) is 0 Å². The Hall–Kier alpha value is -2.73. The van der Waals surface area contributed by atoms with Gasteiger partial charge < -0.3 is 15.3 Å². The quantitative estimate of drug-likeness (QED) is 0.665. The number of benzene rings is 2. The molecule has 6 heteroatoms. The molecular weight excluding hydrogens is 347 g/mol. The lowest BCUT2D eigenvalue weighted by atomic mass is 10.0. The van der Waals surface area contributed by atoms with Crippen LogP contribution < -0.4 is 5.32 Å². The molecule has 0 aliphatic carbocycles. The number of carbonyl (C=O) groups is 2. The number of nitrogens with zero attached hydrogens (tertiary/aromatic N) is 1. The van der Waals surface area contributed by atoms with Crippen LogP contribution in [0.2, 0.25) is 0 Å². The van der Waals surface area contributed by atoms with Crippen molar-refractivity contribution in [3.8, 4) is 0 Å². The Balaban J connectivity index is 2.35. The predicted octanol–water partition coefficient (Wildman–Crippen LogP) is 2.80. The summed E-state index contributed by atoms with van der Waals surface area (Å²) in [6.07, 6.45) is 0.682. The first-order valence-corrected chi connectivity index (χ1v) is 9.04. The fourth-order valence-electron chi connectivity index (χ4n) is 2.81. The van der Waals surface area contributed by atoms with Crippen LogP contribution >= 0.6 is 0 Å². The molecule has 0 aromatic heterocycles. The second-order valence-corrected chi connectivity index (χ2v) is 6.18. The molecule has 0 heterocycles. The van der Waals surface area contributed by atoms with Crippen molar-refractivity contribution in [2.24, 2.45) is 0 Å². The van der Waals surface area contributed by atoms with E-state index in [4.69, 9.17) is 5.11 Å². The van der Waals surface area contributed by atoms with Crippen LogP contribution in [0.15, 0.2) is 54.6 Å². The normalized spacial score (nSPS) is 11.7. The molecule has 144 valence electrons. The fraction of sp³-hybridized carbons (Fsp3) is 0.333. The lowest BCUT2D eigenvalue weighted by molar-refractivity contribution is -0.141. The SMILES string of the molecule is CCC(=O)N(Cc1ccc(F)cc1)[C@@H](C(=O)NCCCO)c1ccccc1. The van der Waals surface area contributed by atoms with Crippen molar-refractivity contribution in [1.29, 1.82) is 0 Å². The Morgan fingerprint density at radius 1 is 1.11 bits per heavy atom. The highest BCUT2D eigenvalue weighted by Crippen LogP contribution is 2.24. The van der Waals surface area contributed by atoms with E-state index in [0.717, 1.165) is 5.56 Å². The Morgan fingerprint density at radius 3 is 2.37 bits per heavy atom. The summed E-state index contributed by atoms with van der Waals surface area (Å²) < 4.78 is 13.2. The highest BCUT2D eigenvalue weighted by molar-refractivity contribution is 5.88. The first kappa shape index (κ1) is 20.6. The third kappa shape index (κ3) is 5.89. The van der Waals surface area contributed by atoms with E-state index in [1.807, 2.05) is 18.2 Å². The number of halogens is 1. The van der Waals surface area contributed by atoms with Crippen molar-refractivity contribution < 1.29 is 19.1 Å². The topological polar surface area (TPSA) is 69.6 Å². The molecule has 0 saturated carbocycles. The van der Waals surface area contributed by atoms with Crippen LogP contribution in [-0.4, -0.2) is 35.0 Å². The number of nitrogens with one attached hydrogen (secondary N) is 1. The molecule has 0 radical (unpaired) electrons. The molecule has 0 bridgehead atoms. The summed E-state index contributed by atoms with van der Waals surface area (Å²) >= 11 is 0. The van der Waals surface area contributed by atoms with Crippen LogP contribution in [-0.2, 0) is 16.1 Å². The van der Waals surface area contributed by atoms with Gasteiger partial charge in [0, 0.05) is 26.1 Å². The van der Waals surface area contributed by atoms with Crippen LogP contribution in [0.4, 0.5) is 4.39 Å². The van der Waals surface area contributed by atoms with Crippen molar-refractivity contribution in [2.75, 3.05) is 13.2 Å². The van der Waals surface area contributed by atoms with Crippen LogP contribution in [0, 0.1) is 5.82 Å². The molecule has 1 atom stereocenters. The van der Waals surface area contributed by atoms with E-state index in [2.05, 4.69) is 5.32 Å². The smallest absolute Gasteiger partial charge is 0.247 e. The lowest BCUT2D eigenvalue weighted by Crippen LogP contribution is -2.43. The van der Waals surface area contributed by atoms with E-state index in [-0.39, 0.29) is 37.2 Å². The summed E-state index contributed by atoms with van der Waals surface area (Å²) in [6, 6.07) is 14.2. The van der Waals surface area contributed by atoms with Gasteiger partial charge in [-0.3, -0.25) is 9.59 Å². The Labute approximate surface area is 158 Å². The summed E-state index contributed by atoms with van der Waals surface area (Å²) in [4.78, 5) is 27.1. The minimum absolute atomic E-state index is 0.0243. The van der Waals surface area contributed by atoms with Crippen LogP contribution in [0.1, 0.15) is 36.9 Å². The van der Waals surface area contributed by atoms with Crippen molar-refractivity contribution in [3.63, 3.8) is 0 Å². The average molecular weight is 372 g/mol. The van der Waals surface area contributed by atoms with Gasteiger partial charge in [0.25, 0.3) is 0 Å². The van der Waals surface area contributed by atoms with Gasteiger partial charge in [-0.15, -0.1) is 0 Å². The Bertz CT molecular complexity index is 735. The van der Waals surface area contributed by atoms with Crippen molar-refractivity contribution >= 4 is 11.8 Å². The summed E-state index contributed by atoms with van der Waals surface area (Å²) in [5.74, 6) is -0.836. The first-order valence-electron chi connectivity index (χ1n) is 9.04. The molecule has 2 N–H and O–H groups in total. The molecule has 27 heavy (non-hydrogen) atoms. The minimum Gasteiger partial charge on any atom is -0.396 e. The number of amides is 2. The van der Waals surface area contributed by atoms with Gasteiger partial charge in [0.2, 0.25) is 11.8 Å². The van der Waals surface area contributed by atoms with Gasteiger partial charge in [-0.05, 0) is 29.7 Å². The van der Waals surface area contributed by atoms with Crippen molar-refractivity contribution in [2.45, 2.75) is 32.4 Å². The molecule has 0 spiro atoms.